The fourth-order valence-corrected chi connectivity index (χ4v) is 4.51. The van der Waals surface area contributed by atoms with Crippen LogP contribution in [-0.4, -0.2) is 23.9 Å². The van der Waals surface area contributed by atoms with Crippen LogP contribution in [0.15, 0.2) is 17.5 Å². The monoisotopic (exact) mass is 285 g/mol. The van der Waals surface area contributed by atoms with E-state index in [1.54, 1.807) is 11.3 Å². The van der Waals surface area contributed by atoms with E-state index >= 15 is 0 Å². The van der Waals surface area contributed by atoms with Crippen molar-refractivity contribution in [3.8, 4) is 0 Å². The van der Waals surface area contributed by atoms with Crippen LogP contribution in [0.5, 0.6) is 0 Å². The highest BCUT2D eigenvalue weighted by molar-refractivity contribution is 7.10. The number of nitrogens with zero attached hydrogens (tertiary/aromatic N) is 1. The second kappa shape index (κ2) is 5.49. The molecule has 1 saturated heterocycles. The van der Waals surface area contributed by atoms with Gasteiger partial charge in [0, 0.05) is 30.3 Å². The molecule has 2 heterocycles. The molecular formula is C15H21F2NS. The van der Waals surface area contributed by atoms with Gasteiger partial charge in [-0.2, -0.15) is 0 Å². The van der Waals surface area contributed by atoms with Gasteiger partial charge >= 0.3 is 0 Å². The maximum atomic E-state index is 13.5. The number of alkyl halides is 2. The first-order valence-corrected chi connectivity index (χ1v) is 8.17. The molecule has 0 N–H and O–H groups in total. The molecule has 2 fully saturated rings. The molecule has 1 aliphatic heterocycles. The molecule has 0 bridgehead atoms. The van der Waals surface area contributed by atoms with Crippen LogP contribution in [-0.2, 0) is 0 Å². The predicted molar refractivity (Wildman–Crippen MR) is 74.8 cm³/mol. The SMILES string of the molecule is FC1(F)CCC[C@@H](CN2CCC[C@@H]2c2cccs2)C1. The van der Waals surface area contributed by atoms with Gasteiger partial charge < -0.3 is 0 Å². The van der Waals surface area contributed by atoms with E-state index in [-0.39, 0.29) is 18.8 Å². The van der Waals surface area contributed by atoms with Crippen LogP contribution in [0.3, 0.4) is 0 Å². The van der Waals surface area contributed by atoms with Crippen molar-refractivity contribution < 1.29 is 8.78 Å². The Morgan fingerprint density at radius 1 is 1.32 bits per heavy atom. The smallest absolute Gasteiger partial charge is 0.248 e. The zero-order valence-corrected chi connectivity index (χ0v) is 12.0. The molecular weight excluding hydrogens is 264 g/mol. The molecule has 2 aliphatic rings. The van der Waals surface area contributed by atoms with E-state index in [9.17, 15) is 8.78 Å². The molecule has 0 radical (unpaired) electrons. The van der Waals surface area contributed by atoms with Crippen LogP contribution in [0, 0.1) is 5.92 Å². The minimum atomic E-state index is -2.42. The van der Waals surface area contributed by atoms with Crippen LogP contribution in [0.2, 0.25) is 0 Å². The van der Waals surface area contributed by atoms with Crippen LogP contribution < -0.4 is 0 Å². The molecule has 1 saturated carbocycles. The Morgan fingerprint density at radius 2 is 2.21 bits per heavy atom. The van der Waals surface area contributed by atoms with E-state index in [0.29, 0.717) is 12.5 Å². The second-order valence-corrected chi connectivity index (χ2v) is 6.97. The summed E-state index contributed by atoms with van der Waals surface area (Å²) in [6, 6.07) is 4.75. The summed E-state index contributed by atoms with van der Waals surface area (Å²) in [5.74, 6) is -2.23. The van der Waals surface area contributed by atoms with E-state index < -0.39 is 5.92 Å². The quantitative estimate of drug-likeness (QED) is 0.777. The van der Waals surface area contributed by atoms with E-state index in [1.807, 2.05) is 0 Å². The van der Waals surface area contributed by atoms with Gasteiger partial charge in [0.1, 0.15) is 0 Å². The number of hydrogen-bond acceptors (Lipinski definition) is 2. The van der Waals surface area contributed by atoms with Gasteiger partial charge in [-0.25, -0.2) is 8.78 Å². The molecule has 1 aromatic rings. The molecule has 3 rings (SSSR count). The average molecular weight is 285 g/mol. The zero-order chi connectivity index (χ0) is 13.3. The van der Waals surface area contributed by atoms with Crippen molar-refractivity contribution in [3.63, 3.8) is 0 Å². The third-order valence-electron chi connectivity index (χ3n) is 4.47. The van der Waals surface area contributed by atoms with Gasteiger partial charge in [0.15, 0.2) is 0 Å². The maximum Gasteiger partial charge on any atom is 0.248 e. The first-order valence-electron chi connectivity index (χ1n) is 7.29. The van der Waals surface area contributed by atoms with Gasteiger partial charge in [0.25, 0.3) is 0 Å². The van der Waals surface area contributed by atoms with Crippen LogP contribution in [0.4, 0.5) is 8.78 Å². The summed E-state index contributed by atoms with van der Waals surface area (Å²) < 4.78 is 27.0. The van der Waals surface area contributed by atoms with E-state index in [0.717, 1.165) is 19.5 Å². The van der Waals surface area contributed by atoms with E-state index in [1.165, 1.54) is 17.7 Å². The maximum absolute atomic E-state index is 13.5. The zero-order valence-electron chi connectivity index (χ0n) is 11.2. The number of likely N-dealkylation sites (tertiary alicyclic amines) is 1. The van der Waals surface area contributed by atoms with Crippen molar-refractivity contribution in [2.45, 2.75) is 50.5 Å². The summed E-state index contributed by atoms with van der Waals surface area (Å²) >= 11 is 1.80. The highest BCUT2D eigenvalue weighted by Crippen LogP contribution is 2.40. The Morgan fingerprint density at radius 3 is 2.95 bits per heavy atom. The second-order valence-electron chi connectivity index (χ2n) is 5.99. The Bertz CT molecular complexity index is 404. The van der Waals surface area contributed by atoms with Crippen molar-refractivity contribution >= 4 is 11.3 Å². The fourth-order valence-electron chi connectivity index (χ4n) is 3.61. The Kier molecular flexibility index (Phi) is 3.90. The molecule has 1 nitrogen and oxygen atoms in total. The van der Waals surface area contributed by atoms with Gasteiger partial charge in [-0.3, -0.25) is 4.90 Å². The summed E-state index contributed by atoms with van der Waals surface area (Å²) in [5, 5.41) is 2.11. The molecule has 106 valence electrons. The van der Waals surface area contributed by atoms with Crippen molar-refractivity contribution in [2.75, 3.05) is 13.1 Å². The fraction of sp³-hybridized carbons (Fsp3) is 0.733. The molecule has 19 heavy (non-hydrogen) atoms. The summed E-state index contributed by atoms with van der Waals surface area (Å²) in [5.41, 5.74) is 0. The Balaban J connectivity index is 1.62. The van der Waals surface area contributed by atoms with Crippen LogP contribution in [0.25, 0.3) is 0 Å². The molecule has 4 heteroatoms. The van der Waals surface area contributed by atoms with Gasteiger partial charge in [-0.1, -0.05) is 6.07 Å². The highest BCUT2D eigenvalue weighted by atomic mass is 32.1. The highest BCUT2D eigenvalue weighted by Gasteiger charge is 2.38. The number of halogens is 2. The van der Waals surface area contributed by atoms with Gasteiger partial charge in [0.2, 0.25) is 5.92 Å². The standard InChI is InChI=1S/C15H21F2NS/c16-15(17)7-1-4-12(10-15)11-18-8-2-5-13(18)14-6-3-9-19-14/h3,6,9,12-13H,1-2,4-5,7-8,10-11H2/t12-,13-/m1/s1. The summed E-state index contributed by atoms with van der Waals surface area (Å²) in [6.45, 7) is 1.93. The van der Waals surface area contributed by atoms with Crippen molar-refractivity contribution in [1.82, 2.24) is 4.90 Å². The minimum absolute atomic E-state index is 0.0951. The van der Waals surface area contributed by atoms with Gasteiger partial charge in [-0.05, 0) is 49.6 Å². The topological polar surface area (TPSA) is 3.24 Å². The van der Waals surface area contributed by atoms with Crippen molar-refractivity contribution in [1.29, 1.82) is 0 Å². The molecule has 0 aromatic carbocycles. The van der Waals surface area contributed by atoms with E-state index in [2.05, 4.69) is 22.4 Å². The molecule has 0 unspecified atom stereocenters. The lowest BCUT2D eigenvalue weighted by molar-refractivity contribution is -0.0574. The lowest BCUT2D eigenvalue weighted by atomic mass is 9.86. The lowest BCUT2D eigenvalue weighted by Crippen LogP contribution is -2.35. The molecule has 0 amide bonds. The average Bonchev–Trinajstić information content (AvgIpc) is 2.96. The third kappa shape index (κ3) is 3.16. The molecule has 2 atom stereocenters. The van der Waals surface area contributed by atoms with E-state index in [4.69, 9.17) is 0 Å². The number of rotatable bonds is 3. The molecule has 1 aliphatic carbocycles. The Labute approximate surface area is 117 Å². The molecule has 1 aromatic heterocycles. The minimum Gasteiger partial charge on any atom is -0.295 e. The lowest BCUT2D eigenvalue weighted by Gasteiger charge is -2.33. The molecule has 0 spiro atoms. The van der Waals surface area contributed by atoms with Crippen molar-refractivity contribution in [3.05, 3.63) is 22.4 Å². The number of thiophene rings is 1. The van der Waals surface area contributed by atoms with Crippen LogP contribution in [0.1, 0.15) is 49.4 Å². The van der Waals surface area contributed by atoms with Gasteiger partial charge in [-0.15, -0.1) is 11.3 Å². The predicted octanol–water partition coefficient (Wildman–Crippen LogP) is 4.71. The Hall–Kier alpha value is -0.480. The van der Waals surface area contributed by atoms with Crippen LogP contribution >= 0.6 is 11.3 Å². The first kappa shape index (κ1) is 13.5. The van der Waals surface area contributed by atoms with Gasteiger partial charge in [0.05, 0.1) is 0 Å². The van der Waals surface area contributed by atoms with Crippen molar-refractivity contribution in [2.24, 2.45) is 5.92 Å². The summed E-state index contributed by atoms with van der Waals surface area (Å²) in [6.07, 6.45) is 4.24. The largest absolute Gasteiger partial charge is 0.295 e. The third-order valence-corrected chi connectivity index (χ3v) is 5.44. The number of hydrogen-bond donors (Lipinski definition) is 0. The first-order chi connectivity index (χ1) is 9.14. The summed E-state index contributed by atoms with van der Waals surface area (Å²) in [7, 11) is 0. The normalized spacial score (nSPS) is 31.7. The summed E-state index contributed by atoms with van der Waals surface area (Å²) in [4.78, 5) is 3.85.